The molecule has 1 aliphatic rings. The van der Waals surface area contributed by atoms with Gasteiger partial charge in [0.15, 0.2) is 0 Å². The van der Waals surface area contributed by atoms with Crippen LogP contribution in [0.3, 0.4) is 0 Å². The Balaban J connectivity index is 2.16. The van der Waals surface area contributed by atoms with Crippen molar-refractivity contribution < 1.29 is 0 Å². The third-order valence-corrected chi connectivity index (χ3v) is 2.98. The minimum Gasteiger partial charge on any atom is -0.337 e. The van der Waals surface area contributed by atoms with E-state index in [1.54, 1.807) is 6.21 Å². The molecule has 0 N–H and O–H groups in total. The maximum Gasteiger partial charge on any atom is 0.0488 e. The predicted molar refractivity (Wildman–Crippen MR) is 77.7 cm³/mol. The number of aliphatic imine (C=N–C) groups is 1. The average Bonchev–Trinajstić information content (AvgIpc) is 2.72. The zero-order valence-corrected chi connectivity index (χ0v) is 10.0. The molecular formula is C16H14N2. The van der Waals surface area contributed by atoms with Crippen molar-refractivity contribution in [3.8, 4) is 0 Å². The third kappa shape index (κ3) is 2.05. The van der Waals surface area contributed by atoms with Gasteiger partial charge in [0.05, 0.1) is 0 Å². The van der Waals surface area contributed by atoms with Crippen LogP contribution >= 0.6 is 0 Å². The molecule has 3 rings (SSSR count). The first kappa shape index (κ1) is 10.8. The van der Waals surface area contributed by atoms with Crippen molar-refractivity contribution in [2.75, 3.05) is 0 Å². The van der Waals surface area contributed by atoms with Gasteiger partial charge in [0.25, 0.3) is 0 Å². The average molecular weight is 234 g/mol. The lowest BCUT2D eigenvalue weighted by Gasteiger charge is -2.04. The Morgan fingerprint density at radius 3 is 3.00 bits per heavy atom. The summed E-state index contributed by atoms with van der Waals surface area (Å²) in [5, 5.41) is 1.27. The van der Waals surface area contributed by atoms with Crippen molar-refractivity contribution in [3.63, 3.8) is 0 Å². The number of hydrogen-bond acceptors (Lipinski definition) is 1. The van der Waals surface area contributed by atoms with Gasteiger partial charge in [-0.2, -0.15) is 0 Å². The van der Waals surface area contributed by atoms with Gasteiger partial charge >= 0.3 is 0 Å². The van der Waals surface area contributed by atoms with Gasteiger partial charge < -0.3 is 4.57 Å². The molecular weight excluding hydrogens is 220 g/mol. The molecule has 0 spiro atoms. The van der Waals surface area contributed by atoms with Gasteiger partial charge in [-0.25, -0.2) is 0 Å². The molecule has 1 aliphatic heterocycles. The Labute approximate surface area is 106 Å². The van der Waals surface area contributed by atoms with Crippen LogP contribution in [0.1, 0.15) is 5.69 Å². The second-order valence-corrected chi connectivity index (χ2v) is 4.17. The molecule has 2 nitrogen and oxygen atoms in total. The molecule has 1 aromatic heterocycles. The Morgan fingerprint density at radius 2 is 2.00 bits per heavy atom. The van der Waals surface area contributed by atoms with E-state index in [9.17, 15) is 0 Å². The summed E-state index contributed by atoms with van der Waals surface area (Å²) in [6.07, 6.45) is 13.8. The Morgan fingerprint density at radius 1 is 1.06 bits per heavy atom. The fraction of sp³-hybridized carbons (Fsp3) is 0.0625. The Bertz CT molecular complexity index is 669. The number of rotatable bonds is 0. The largest absolute Gasteiger partial charge is 0.337 e. The first-order valence-corrected chi connectivity index (χ1v) is 6.05. The van der Waals surface area contributed by atoms with Gasteiger partial charge in [-0.15, -0.1) is 0 Å². The van der Waals surface area contributed by atoms with Gasteiger partial charge in [-0.05, 0) is 30.4 Å². The van der Waals surface area contributed by atoms with E-state index in [1.165, 1.54) is 16.6 Å². The van der Waals surface area contributed by atoms with Gasteiger partial charge in [-0.1, -0.05) is 30.4 Å². The SMILES string of the molecule is C1=CC=NC=CCn2c(cc3ccccc32)C=C1. The normalized spacial score (nSPS) is 14.7. The number of hydrogen-bond donors (Lipinski definition) is 0. The van der Waals surface area contributed by atoms with E-state index in [2.05, 4.69) is 52.0 Å². The number of nitrogens with zero attached hydrogens (tertiary/aromatic N) is 2. The monoisotopic (exact) mass is 234 g/mol. The summed E-state index contributed by atoms with van der Waals surface area (Å²) < 4.78 is 2.29. The highest BCUT2D eigenvalue weighted by molar-refractivity contribution is 5.84. The van der Waals surface area contributed by atoms with Crippen LogP contribution in [0.5, 0.6) is 0 Å². The minimum absolute atomic E-state index is 0.838. The molecule has 2 heterocycles. The molecule has 1 aromatic carbocycles. The lowest BCUT2D eigenvalue weighted by atomic mass is 10.2. The lowest BCUT2D eigenvalue weighted by molar-refractivity contribution is 0.851. The molecule has 0 saturated carbocycles. The molecule has 18 heavy (non-hydrogen) atoms. The summed E-state index contributed by atoms with van der Waals surface area (Å²) >= 11 is 0. The van der Waals surface area contributed by atoms with Crippen LogP contribution in [0.2, 0.25) is 0 Å². The zero-order valence-electron chi connectivity index (χ0n) is 10.0. The highest BCUT2D eigenvalue weighted by Crippen LogP contribution is 2.21. The van der Waals surface area contributed by atoms with Gasteiger partial charge in [0, 0.05) is 35.6 Å². The summed E-state index contributed by atoms with van der Waals surface area (Å²) in [7, 11) is 0. The zero-order chi connectivity index (χ0) is 12.2. The molecule has 0 fully saturated rings. The van der Waals surface area contributed by atoms with E-state index in [-0.39, 0.29) is 0 Å². The van der Waals surface area contributed by atoms with Crippen molar-refractivity contribution in [2.24, 2.45) is 4.99 Å². The molecule has 0 amide bonds. The smallest absolute Gasteiger partial charge is 0.0488 e. The van der Waals surface area contributed by atoms with Crippen LogP contribution in [0.4, 0.5) is 0 Å². The summed E-state index contributed by atoms with van der Waals surface area (Å²) in [5.74, 6) is 0. The van der Waals surface area contributed by atoms with Crippen LogP contribution in [0.15, 0.2) is 65.8 Å². The van der Waals surface area contributed by atoms with Crippen molar-refractivity contribution in [1.82, 2.24) is 4.57 Å². The van der Waals surface area contributed by atoms with E-state index in [4.69, 9.17) is 0 Å². The summed E-state index contributed by atoms with van der Waals surface area (Å²) in [6.45, 7) is 0.838. The lowest BCUT2D eigenvalue weighted by Crippen LogP contribution is -1.96. The van der Waals surface area contributed by atoms with Crippen LogP contribution in [0.25, 0.3) is 17.0 Å². The summed E-state index contributed by atoms with van der Waals surface area (Å²) in [6, 6.07) is 10.7. The van der Waals surface area contributed by atoms with Gasteiger partial charge in [-0.3, -0.25) is 4.99 Å². The van der Waals surface area contributed by atoms with E-state index >= 15 is 0 Å². The van der Waals surface area contributed by atoms with Crippen molar-refractivity contribution in [1.29, 1.82) is 0 Å². The van der Waals surface area contributed by atoms with Crippen LogP contribution in [-0.2, 0) is 6.54 Å². The highest BCUT2D eigenvalue weighted by atomic mass is 15.0. The van der Waals surface area contributed by atoms with Crippen LogP contribution < -0.4 is 0 Å². The fourth-order valence-electron chi connectivity index (χ4n) is 2.15. The molecule has 0 radical (unpaired) electrons. The van der Waals surface area contributed by atoms with E-state index in [1.807, 2.05) is 24.4 Å². The maximum atomic E-state index is 4.17. The van der Waals surface area contributed by atoms with Gasteiger partial charge in [0.2, 0.25) is 0 Å². The molecule has 0 atom stereocenters. The standard InChI is InChI=1S/C16H14N2/c1-2-8-15-13-14-7-3-4-9-16(14)18(15)12-6-11-17-10-5-1/h1-11,13H,12H2. The topological polar surface area (TPSA) is 17.3 Å². The number of allylic oxidation sites excluding steroid dienone is 4. The number of benzene rings is 1. The Hall–Kier alpha value is -2.35. The molecule has 2 heteroatoms. The molecule has 0 saturated heterocycles. The second-order valence-electron chi connectivity index (χ2n) is 4.17. The summed E-state index contributed by atoms with van der Waals surface area (Å²) in [5.41, 5.74) is 2.47. The Kier molecular flexibility index (Phi) is 2.92. The number of aromatic nitrogens is 1. The summed E-state index contributed by atoms with van der Waals surface area (Å²) in [4.78, 5) is 4.17. The number of para-hydroxylation sites is 1. The molecule has 0 unspecified atom stereocenters. The molecule has 0 bridgehead atoms. The third-order valence-electron chi connectivity index (χ3n) is 2.98. The maximum absolute atomic E-state index is 4.17. The van der Waals surface area contributed by atoms with Crippen LogP contribution in [-0.4, -0.2) is 10.8 Å². The van der Waals surface area contributed by atoms with Crippen molar-refractivity contribution in [2.45, 2.75) is 6.54 Å². The van der Waals surface area contributed by atoms with Crippen molar-refractivity contribution in [3.05, 3.63) is 66.5 Å². The van der Waals surface area contributed by atoms with E-state index in [0.717, 1.165) is 6.54 Å². The highest BCUT2D eigenvalue weighted by Gasteiger charge is 2.04. The van der Waals surface area contributed by atoms with E-state index in [0.29, 0.717) is 0 Å². The van der Waals surface area contributed by atoms with Crippen molar-refractivity contribution >= 4 is 23.2 Å². The number of fused-ring (bicyclic) bond motifs is 3. The fourth-order valence-corrected chi connectivity index (χ4v) is 2.15. The predicted octanol–water partition coefficient (Wildman–Crippen LogP) is 3.81. The van der Waals surface area contributed by atoms with Crippen LogP contribution in [0, 0.1) is 0 Å². The first-order valence-electron chi connectivity index (χ1n) is 6.05. The second kappa shape index (κ2) is 4.88. The molecule has 2 aromatic rings. The molecule has 0 aliphatic carbocycles. The minimum atomic E-state index is 0.838. The first-order chi connectivity index (χ1) is 8.95. The quantitative estimate of drug-likeness (QED) is 0.659. The van der Waals surface area contributed by atoms with E-state index < -0.39 is 0 Å². The van der Waals surface area contributed by atoms with Gasteiger partial charge in [0.1, 0.15) is 0 Å². The molecule has 88 valence electrons.